The Morgan fingerprint density at radius 2 is 1.96 bits per heavy atom. The van der Waals surface area contributed by atoms with Crippen LogP contribution in [0.2, 0.25) is 5.02 Å². The normalized spacial score (nSPS) is 20.6. The first-order valence-electron chi connectivity index (χ1n) is 9.67. The maximum atomic E-state index is 6.65. The van der Waals surface area contributed by atoms with E-state index in [9.17, 15) is 0 Å². The molecule has 2 aromatic heterocycles. The summed E-state index contributed by atoms with van der Waals surface area (Å²) in [6.45, 7) is 4.39. The lowest BCUT2D eigenvalue weighted by Crippen LogP contribution is -2.32. The molecule has 0 radical (unpaired) electrons. The fourth-order valence-corrected chi connectivity index (χ4v) is 5.35. The molecular formula is C22H24ClN3. The molecule has 0 amide bonds. The van der Waals surface area contributed by atoms with Crippen molar-refractivity contribution in [3.05, 3.63) is 63.6 Å². The molecule has 1 fully saturated rings. The summed E-state index contributed by atoms with van der Waals surface area (Å²) in [5.74, 6) is 0.987. The molecule has 1 aliphatic heterocycles. The summed E-state index contributed by atoms with van der Waals surface area (Å²) in [5, 5.41) is 5.69. The second-order valence-corrected chi connectivity index (χ2v) is 8.17. The summed E-state index contributed by atoms with van der Waals surface area (Å²) >= 11 is 6.65. The van der Waals surface area contributed by atoms with E-state index in [1.54, 1.807) is 0 Å². The van der Waals surface area contributed by atoms with Crippen molar-refractivity contribution in [2.24, 2.45) is 5.92 Å². The highest BCUT2D eigenvalue weighted by atomic mass is 35.5. The maximum absolute atomic E-state index is 6.65. The molecule has 0 spiro atoms. The average molecular weight is 366 g/mol. The summed E-state index contributed by atoms with van der Waals surface area (Å²) in [5.41, 5.74) is 7.96. The van der Waals surface area contributed by atoms with Gasteiger partial charge in [-0.1, -0.05) is 17.7 Å². The Kier molecular flexibility index (Phi) is 4.02. The molecule has 134 valence electrons. The van der Waals surface area contributed by atoms with Gasteiger partial charge in [-0.2, -0.15) is 0 Å². The number of nitrogens with zero attached hydrogens (tertiary/aromatic N) is 1. The number of halogens is 1. The molecule has 2 aliphatic rings. The lowest BCUT2D eigenvalue weighted by atomic mass is 9.75. The van der Waals surface area contributed by atoms with Crippen LogP contribution in [0.25, 0.3) is 10.9 Å². The second kappa shape index (κ2) is 6.40. The highest BCUT2D eigenvalue weighted by Gasteiger charge is 2.34. The van der Waals surface area contributed by atoms with Gasteiger partial charge in [0.1, 0.15) is 0 Å². The van der Waals surface area contributed by atoms with Crippen LogP contribution in [0.15, 0.2) is 30.6 Å². The molecule has 26 heavy (non-hydrogen) atoms. The van der Waals surface area contributed by atoms with Crippen molar-refractivity contribution in [1.82, 2.24) is 15.3 Å². The number of hydrogen-bond acceptors (Lipinski definition) is 2. The number of aryl methyl sites for hydroxylation is 3. The molecular weight excluding hydrogens is 342 g/mol. The number of H-pyrrole nitrogens is 1. The van der Waals surface area contributed by atoms with E-state index >= 15 is 0 Å². The predicted octanol–water partition coefficient (Wildman–Crippen LogP) is 4.75. The van der Waals surface area contributed by atoms with E-state index < -0.39 is 0 Å². The minimum Gasteiger partial charge on any atom is -0.360 e. The Balaban J connectivity index is 1.82. The molecule has 0 saturated carbocycles. The van der Waals surface area contributed by atoms with Crippen molar-refractivity contribution in [1.29, 1.82) is 0 Å². The lowest BCUT2D eigenvalue weighted by Gasteiger charge is -2.32. The molecule has 1 aromatic carbocycles. The molecule has 0 bridgehead atoms. The van der Waals surface area contributed by atoms with Gasteiger partial charge in [-0.25, -0.2) is 0 Å². The van der Waals surface area contributed by atoms with Gasteiger partial charge in [-0.15, -0.1) is 0 Å². The van der Waals surface area contributed by atoms with E-state index in [1.807, 2.05) is 6.20 Å². The van der Waals surface area contributed by atoms with Crippen LogP contribution in [0.1, 0.15) is 46.7 Å². The number of hydrogen-bond donors (Lipinski definition) is 2. The molecule has 3 nitrogen and oxygen atoms in total. The van der Waals surface area contributed by atoms with Crippen LogP contribution in [0.4, 0.5) is 0 Å². The maximum Gasteiger partial charge on any atom is 0.0650 e. The Bertz CT molecular complexity index is 969. The third-order valence-electron chi connectivity index (χ3n) is 6.28. The molecule has 0 unspecified atom stereocenters. The minimum atomic E-state index is 0.361. The van der Waals surface area contributed by atoms with Gasteiger partial charge in [0.2, 0.25) is 0 Å². The Labute approximate surface area is 159 Å². The van der Waals surface area contributed by atoms with E-state index in [4.69, 9.17) is 16.6 Å². The lowest BCUT2D eigenvalue weighted by molar-refractivity contribution is 0.339. The van der Waals surface area contributed by atoms with E-state index in [1.165, 1.54) is 46.2 Å². The van der Waals surface area contributed by atoms with Crippen LogP contribution in [0.5, 0.6) is 0 Å². The minimum absolute atomic E-state index is 0.361. The van der Waals surface area contributed by atoms with Gasteiger partial charge in [-0.05, 0) is 86.0 Å². The average Bonchev–Trinajstić information content (AvgIpc) is 2.98. The number of aromatic amines is 1. The molecule has 4 heteroatoms. The Morgan fingerprint density at radius 3 is 2.81 bits per heavy atom. The quantitative estimate of drug-likeness (QED) is 0.653. The number of rotatable bonds is 1. The van der Waals surface area contributed by atoms with Crippen molar-refractivity contribution in [2.45, 2.75) is 38.5 Å². The summed E-state index contributed by atoms with van der Waals surface area (Å²) in [6.07, 6.45) is 8.55. The first kappa shape index (κ1) is 16.3. The first-order valence-corrected chi connectivity index (χ1v) is 10.1. The van der Waals surface area contributed by atoms with Crippen molar-refractivity contribution in [3.8, 4) is 0 Å². The van der Waals surface area contributed by atoms with Gasteiger partial charge in [-0.3, -0.25) is 4.98 Å². The van der Waals surface area contributed by atoms with Gasteiger partial charge < -0.3 is 10.3 Å². The summed E-state index contributed by atoms with van der Waals surface area (Å²) in [7, 11) is 0. The fourth-order valence-electron chi connectivity index (χ4n) is 5.07. The van der Waals surface area contributed by atoms with Crippen LogP contribution in [0, 0.1) is 12.8 Å². The molecule has 5 rings (SSSR count). The van der Waals surface area contributed by atoms with Crippen molar-refractivity contribution >= 4 is 22.5 Å². The van der Waals surface area contributed by atoms with E-state index in [0.29, 0.717) is 11.8 Å². The molecule has 1 aliphatic carbocycles. The first-order chi connectivity index (χ1) is 12.7. The van der Waals surface area contributed by atoms with Crippen molar-refractivity contribution < 1.29 is 0 Å². The number of benzene rings is 1. The number of fused-ring (bicyclic) bond motifs is 4. The molecule has 2 N–H and O–H groups in total. The Hall–Kier alpha value is -1.84. The third-order valence-corrected chi connectivity index (χ3v) is 6.58. The highest BCUT2D eigenvalue weighted by molar-refractivity contribution is 6.35. The largest absolute Gasteiger partial charge is 0.360 e. The Morgan fingerprint density at radius 1 is 1.15 bits per heavy atom. The number of pyridine rings is 1. The molecule has 1 atom stereocenters. The zero-order valence-corrected chi connectivity index (χ0v) is 15.9. The van der Waals surface area contributed by atoms with Gasteiger partial charge >= 0.3 is 0 Å². The summed E-state index contributed by atoms with van der Waals surface area (Å²) in [4.78, 5) is 8.32. The SMILES string of the molecule is Cc1c[nH]c2c(Cl)cc3c(c12)[C@@H](C1CCNCC1)c1ncccc1CC3. The van der Waals surface area contributed by atoms with Crippen molar-refractivity contribution in [2.75, 3.05) is 13.1 Å². The van der Waals surface area contributed by atoms with Crippen LogP contribution in [-0.4, -0.2) is 23.1 Å². The molecule has 3 aromatic rings. The smallest absolute Gasteiger partial charge is 0.0650 e. The molecule has 1 saturated heterocycles. The van der Waals surface area contributed by atoms with Gasteiger partial charge in [0, 0.05) is 23.7 Å². The number of aromatic nitrogens is 2. The van der Waals surface area contributed by atoms with Crippen LogP contribution in [0.3, 0.4) is 0 Å². The van der Waals surface area contributed by atoms with Gasteiger partial charge in [0.15, 0.2) is 0 Å². The highest BCUT2D eigenvalue weighted by Crippen LogP contribution is 2.46. The standard InChI is InChI=1S/C22H24ClN3/c1-13-12-26-22-17(23)11-16-5-4-15-3-2-8-25-21(15)20(19(16)18(13)22)14-6-9-24-10-7-14/h2-3,8,11-12,14,20,24,26H,4-7,9-10H2,1H3/t20-/m1/s1. The van der Waals surface area contributed by atoms with Crippen LogP contribution in [-0.2, 0) is 12.8 Å². The number of piperidine rings is 1. The van der Waals surface area contributed by atoms with Crippen LogP contribution < -0.4 is 5.32 Å². The van der Waals surface area contributed by atoms with E-state index in [2.05, 4.69) is 41.6 Å². The molecule has 3 heterocycles. The summed E-state index contributed by atoms with van der Waals surface area (Å²) in [6, 6.07) is 6.55. The predicted molar refractivity (Wildman–Crippen MR) is 107 cm³/mol. The monoisotopic (exact) mass is 365 g/mol. The van der Waals surface area contributed by atoms with E-state index in [0.717, 1.165) is 36.5 Å². The van der Waals surface area contributed by atoms with Crippen molar-refractivity contribution in [3.63, 3.8) is 0 Å². The fraction of sp³-hybridized carbons (Fsp3) is 0.409. The topological polar surface area (TPSA) is 40.7 Å². The third kappa shape index (κ3) is 2.49. The van der Waals surface area contributed by atoms with E-state index in [-0.39, 0.29) is 0 Å². The zero-order valence-electron chi connectivity index (χ0n) is 15.1. The van der Waals surface area contributed by atoms with Gasteiger partial charge in [0.25, 0.3) is 0 Å². The van der Waals surface area contributed by atoms with Gasteiger partial charge in [0.05, 0.1) is 16.2 Å². The zero-order chi connectivity index (χ0) is 17.7. The summed E-state index contributed by atoms with van der Waals surface area (Å²) < 4.78 is 0. The second-order valence-electron chi connectivity index (χ2n) is 7.77. The number of nitrogens with one attached hydrogen (secondary N) is 2. The van der Waals surface area contributed by atoms with Crippen LogP contribution >= 0.6 is 11.6 Å².